The van der Waals surface area contributed by atoms with Crippen LogP contribution in [0.25, 0.3) is 10.9 Å². The lowest BCUT2D eigenvalue weighted by Gasteiger charge is -2.17. The maximum absolute atomic E-state index is 12.4. The van der Waals surface area contributed by atoms with Gasteiger partial charge in [-0.3, -0.25) is 0 Å². The first kappa shape index (κ1) is 19.9. The number of aromatic nitrogens is 1. The van der Waals surface area contributed by atoms with E-state index in [1.165, 1.54) is 0 Å². The molecule has 0 radical (unpaired) electrons. The zero-order valence-electron chi connectivity index (χ0n) is 15.4. The molecule has 1 atom stereocenters. The average Bonchev–Trinajstić information content (AvgIpc) is 3.11. The minimum absolute atomic E-state index is 0.127. The third kappa shape index (κ3) is 4.92. The number of nitrogens with one attached hydrogen (secondary N) is 2. The summed E-state index contributed by atoms with van der Waals surface area (Å²) in [4.78, 5) is 27.8. The van der Waals surface area contributed by atoms with E-state index in [1.807, 2.05) is 54.7 Å². The van der Waals surface area contributed by atoms with Crippen LogP contribution in [0.2, 0.25) is 0 Å². The van der Waals surface area contributed by atoms with Crippen molar-refractivity contribution in [1.29, 1.82) is 0 Å². The Morgan fingerprint density at radius 1 is 1.11 bits per heavy atom. The van der Waals surface area contributed by atoms with E-state index in [0.717, 1.165) is 26.5 Å². The van der Waals surface area contributed by atoms with Crippen molar-refractivity contribution >= 4 is 38.9 Å². The molecule has 0 spiro atoms. The van der Waals surface area contributed by atoms with E-state index < -0.39 is 18.1 Å². The van der Waals surface area contributed by atoms with Gasteiger partial charge in [0.25, 0.3) is 0 Å². The fourth-order valence-corrected chi connectivity index (χ4v) is 3.39. The number of hydrogen-bond donors (Lipinski definition) is 2. The molecule has 0 saturated carbocycles. The van der Waals surface area contributed by atoms with Crippen LogP contribution in [0.4, 0.5) is 4.79 Å². The molecule has 0 aliphatic rings. The molecule has 1 heterocycles. The Hall–Kier alpha value is -2.80. The van der Waals surface area contributed by atoms with Crippen LogP contribution < -0.4 is 5.32 Å². The first-order valence-electron chi connectivity index (χ1n) is 8.96. The van der Waals surface area contributed by atoms with Gasteiger partial charge in [0.05, 0.1) is 12.1 Å². The number of hydrogen-bond acceptors (Lipinski definition) is 4. The van der Waals surface area contributed by atoms with Crippen LogP contribution in [0.15, 0.2) is 59.2 Å². The number of benzene rings is 2. The highest BCUT2D eigenvalue weighted by Gasteiger charge is 2.24. The van der Waals surface area contributed by atoms with Gasteiger partial charge in [-0.15, -0.1) is 0 Å². The van der Waals surface area contributed by atoms with Crippen LogP contribution in [0.5, 0.6) is 0 Å². The molecule has 6 nitrogen and oxygen atoms in total. The average molecular weight is 445 g/mol. The Morgan fingerprint density at radius 2 is 1.89 bits per heavy atom. The summed E-state index contributed by atoms with van der Waals surface area (Å²) in [5, 5.41) is 3.60. The van der Waals surface area contributed by atoms with Crippen LogP contribution in [-0.4, -0.2) is 29.7 Å². The van der Waals surface area contributed by atoms with E-state index in [9.17, 15) is 9.59 Å². The van der Waals surface area contributed by atoms with Crippen LogP contribution in [-0.2, 0) is 27.3 Å². The number of ether oxygens (including phenoxy) is 2. The van der Waals surface area contributed by atoms with Gasteiger partial charge in [-0.1, -0.05) is 42.5 Å². The number of amides is 1. The Kier molecular flexibility index (Phi) is 6.71. The van der Waals surface area contributed by atoms with Crippen molar-refractivity contribution in [3.05, 3.63) is 70.3 Å². The minimum Gasteiger partial charge on any atom is -0.464 e. The normalized spacial score (nSPS) is 11.8. The molecule has 146 valence electrons. The topological polar surface area (TPSA) is 80.4 Å². The second kappa shape index (κ2) is 9.41. The molecule has 0 fully saturated rings. The predicted octanol–water partition coefficient (Wildman–Crippen LogP) is 4.33. The van der Waals surface area contributed by atoms with Crippen molar-refractivity contribution in [3.63, 3.8) is 0 Å². The van der Waals surface area contributed by atoms with Gasteiger partial charge < -0.3 is 19.8 Å². The molecule has 28 heavy (non-hydrogen) atoms. The van der Waals surface area contributed by atoms with Crippen LogP contribution >= 0.6 is 15.9 Å². The summed E-state index contributed by atoms with van der Waals surface area (Å²) < 4.78 is 11.3. The van der Waals surface area contributed by atoms with Gasteiger partial charge in [0.15, 0.2) is 0 Å². The van der Waals surface area contributed by atoms with Crippen molar-refractivity contribution in [2.24, 2.45) is 0 Å². The number of fused-ring (bicyclic) bond motifs is 1. The second-order valence-corrected chi connectivity index (χ2v) is 7.05. The van der Waals surface area contributed by atoms with Crippen molar-refractivity contribution in [2.45, 2.75) is 26.0 Å². The third-order valence-electron chi connectivity index (χ3n) is 4.25. The molecule has 0 unspecified atom stereocenters. The Bertz CT molecular complexity index is 955. The molecular formula is C21H21BrN2O4. The molecular weight excluding hydrogens is 424 g/mol. The number of esters is 1. The number of para-hydroxylation sites is 1. The number of carbonyl (C=O) groups excluding carboxylic acids is 2. The molecule has 2 N–H and O–H groups in total. The molecule has 3 rings (SSSR count). The monoisotopic (exact) mass is 444 g/mol. The summed E-state index contributed by atoms with van der Waals surface area (Å²) in [5.41, 5.74) is 2.70. The van der Waals surface area contributed by atoms with Gasteiger partial charge in [-0.2, -0.15) is 0 Å². The van der Waals surface area contributed by atoms with Crippen molar-refractivity contribution in [3.8, 4) is 0 Å². The number of H-pyrrole nitrogens is 1. The van der Waals surface area contributed by atoms with Crippen LogP contribution in [0, 0.1) is 0 Å². The lowest BCUT2D eigenvalue weighted by atomic mass is 10.1. The van der Waals surface area contributed by atoms with E-state index in [-0.39, 0.29) is 19.6 Å². The van der Waals surface area contributed by atoms with Crippen molar-refractivity contribution < 1.29 is 19.1 Å². The van der Waals surface area contributed by atoms with Gasteiger partial charge in [-0.25, -0.2) is 9.59 Å². The van der Waals surface area contributed by atoms with Gasteiger partial charge in [0, 0.05) is 22.5 Å². The van der Waals surface area contributed by atoms with Crippen LogP contribution in [0.1, 0.15) is 18.1 Å². The highest BCUT2D eigenvalue weighted by Crippen LogP contribution is 2.26. The third-order valence-corrected chi connectivity index (χ3v) is 4.91. The second-order valence-electron chi connectivity index (χ2n) is 6.19. The first-order chi connectivity index (χ1) is 13.6. The summed E-state index contributed by atoms with van der Waals surface area (Å²) in [6, 6.07) is 14.3. The van der Waals surface area contributed by atoms with E-state index >= 15 is 0 Å². The molecule has 3 aromatic rings. The van der Waals surface area contributed by atoms with E-state index in [0.29, 0.717) is 0 Å². The lowest BCUT2D eigenvalue weighted by Crippen LogP contribution is -2.43. The number of rotatable bonds is 7. The maximum atomic E-state index is 12.4. The maximum Gasteiger partial charge on any atom is 0.408 e. The highest BCUT2D eigenvalue weighted by molar-refractivity contribution is 9.10. The molecule has 0 saturated heterocycles. The number of halogens is 1. The van der Waals surface area contributed by atoms with Gasteiger partial charge >= 0.3 is 12.1 Å². The predicted molar refractivity (Wildman–Crippen MR) is 110 cm³/mol. The summed E-state index contributed by atoms with van der Waals surface area (Å²) >= 11 is 3.50. The van der Waals surface area contributed by atoms with Crippen molar-refractivity contribution in [1.82, 2.24) is 10.3 Å². The molecule has 0 bridgehead atoms. The fraction of sp³-hybridized carbons (Fsp3) is 0.238. The molecule has 1 amide bonds. The number of alkyl carbamates (subject to hydrolysis) is 1. The van der Waals surface area contributed by atoms with E-state index in [2.05, 4.69) is 26.2 Å². The summed E-state index contributed by atoms with van der Waals surface area (Å²) in [6.07, 6.45) is 1.46. The van der Waals surface area contributed by atoms with Crippen molar-refractivity contribution in [2.75, 3.05) is 6.61 Å². The number of aromatic amines is 1. The lowest BCUT2D eigenvalue weighted by molar-refractivity contribution is -0.145. The zero-order chi connectivity index (χ0) is 19.9. The summed E-state index contributed by atoms with van der Waals surface area (Å²) in [5.74, 6) is -0.497. The summed E-state index contributed by atoms with van der Waals surface area (Å²) in [6.45, 7) is 2.09. The highest BCUT2D eigenvalue weighted by atomic mass is 79.9. The molecule has 0 aliphatic carbocycles. The smallest absolute Gasteiger partial charge is 0.408 e. The quantitative estimate of drug-likeness (QED) is 0.531. The largest absolute Gasteiger partial charge is 0.464 e. The molecule has 7 heteroatoms. The SMILES string of the molecule is CCOC(=O)[C@H](Cc1c[nH]c2c(Br)cccc12)NC(=O)OCc1ccccc1. The minimum atomic E-state index is -0.846. The summed E-state index contributed by atoms with van der Waals surface area (Å²) in [7, 11) is 0. The van der Waals surface area contributed by atoms with Gasteiger partial charge in [-0.05, 0) is 40.0 Å². The standard InChI is InChI=1S/C21H21BrN2O4/c1-2-27-20(25)18(24-21(26)28-13-14-7-4-3-5-8-14)11-15-12-23-19-16(15)9-6-10-17(19)22/h3-10,12,18,23H,2,11,13H2,1H3,(H,24,26)/t18-/m0/s1. The zero-order valence-corrected chi connectivity index (χ0v) is 17.0. The van der Waals surface area contributed by atoms with Gasteiger partial charge in [0.2, 0.25) is 0 Å². The fourth-order valence-electron chi connectivity index (χ4n) is 2.91. The van der Waals surface area contributed by atoms with Crippen LogP contribution in [0.3, 0.4) is 0 Å². The number of carbonyl (C=O) groups is 2. The first-order valence-corrected chi connectivity index (χ1v) is 9.76. The van der Waals surface area contributed by atoms with Gasteiger partial charge in [0.1, 0.15) is 12.6 Å². The van der Waals surface area contributed by atoms with E-state index in [4.69, 9.17) is 9.47 Å². The molecule has 2 aromatic carbocycles. The Labute approximate surface area is 171 Å². The Balaban J connectivity index is 1.70. The molecule has 0 aliphatic heterocycles. The molecule has 1 aromatic heterocycles. The Morgan fingerprint density at radius 3 is 2.64 bits per heavy atom. The van der Waals surface area contributed by atoms with E-state index in [1.54, 1.807) is 6.92 Å².